The van der Waals surface area contributed by atoms with E-state index in [0.29, 0.717) is 22.8 Å². The van der Waals surface area contributed by atoms with Crippen molar-refractivity contribution in [3.05, 3.63) is 57.4 Å². The van der Waals surface area contributed by atoms with Crippen LogP contribution in [0.5, 0.6) is 0 Å². The summed E-state index contributed by atoms with van der Waals surface area (Å²) < 4.78 is 6.75. The zero-order valence-corrected chi connectivity index (χ0v) is 14.0. The molecule has 0 bridgehead atoms. The van der Waals surface area contributed by atoms with Crippen LogP contribution in [0.2, 0.25) is 5.02 Å². The summed E-state index contributed by atoms with van der Waals surface area (Å²) in [4.78, 5) is 23.8. The standard InChI is InChI=1S/C17H18ClNO4/c1-4-23-17(22)15-10(2)14(16(20)21)11(3)19(15)9-12-6-5-7-13(18)8-12/h5-8H,4,9H2,1-3H3,(H,20,21). The van der Waals surface area contributed by atoms with Gasteiger partial charge in [-0.1, -0.05) is 23.7 Å². The summed E-state index contributed by atoms with van der Waals surface area (Å²) in [5, 5.41) is 10.0. The maximum absolute atomic E-state index is 12.3. The van der Waals surface area contributed by atoms with Gasteiger partial charge in [-0.05, 0) is 44.0 Å². The van der Waals surface area contributed by atoms with Gasteiger partial charge in [0.1, 0.15) is 5.69 Å². The molecular formula is C17H18ClNO4. The van der Waals surface area contributed by atoms with Crippen LogP contribution in [0.25, 0.3) is 0 Å². The van der Waals surface area contributed by atoms with E-state index in [1.165, 1.54) is 0 Å². The number of aromatic nitrogens is 1. The molecule has 1 N–H and O–H groups in total. The zero-order chi connectivity index (χ0) is 17.1. The number of rotatable bonds is 5. The van der Waals surface area contributed by atoms with Crippen LogP contribution in [-0.4, -0.2) is 28.2 Å². The first-order valence-corrected chi connectivity index (χ1v) is 7.59. The minimum atomic E-state index is -1.06. The van der Waals surface area contributed by atoms with Gasteiger partial charge < -0.3 is 14.4 Å². The third kappa shape index (κ3) is 3.40. The number of nitrogens with zero attached hydrogens (tertiary/aromatic N) is 1. The summed E-state index contributed by atoms with van der Waals surface area (Å²) >= 11 is 5.99. The highest BCUT2D eigenvalue weighted by atomic mass is 35.5. The Bertz CT molecular complexity index is 764. The average Bonchev–Trinajstić information content (AvgIpc) is 2.70. The van der Waals surface area contributed by atoms with E-state index < -0.39 is 11.9 Å². The Labute approximate surface area is 139 Å². The molecule has 0 fully saturated rings. The third-order valence-corrected chi connectivity index (χ3v) is 3.91. The lowest BCUT2D eigenvalue weighted by atomic mass is 10.1. The van der Waals surface area contributed by atoms with Gasteiger partial charge in [0.05, 0.1) is 12.2 Å². The maximum Gasteiger partial charge on any atom is 0.355 e. The molecule has 2 aromatic rings. The van der Waals surface area contributed by atoms with Gasteiger partial charge >= 0.3 is 11.9 Å². The molecule has 5 nitrogen and oxygen atoms in total. The van der Waals surface area contributed by atoms with Crippen molar-refractivity contribution in [2.75, 3.05) is 6.61 Å². The normalized spacial score (nSPS) is 10.6. The van der Waals surface area contributed by atoms with Crippen molar-refractivity contribution in [1.82, 2.24) is 4.57 Å². The Balaban J connectivity index is 2.58. The number of carbonyl (C=O) groups is 2. The Kier molecular flexibility index (Phi) is 5.11. The van der Waals surface area contributed by atoms with Crippen LogP contribution in [0.1, 0.15) is 44.6 Å². The molecule has 23 heavy (non-hydrogen) atoms. The van der Waals surface area contributed by atoms with Crippen LogP contribution in [0.15, 0.2) is 24.3 Å². The van der Waals surface area contributed by atoms with E-state index in [1.54, 1.807) is 37.5 Å². The number of esters is 1. The highest BCUT2D eigenvalue weighted by Gasteiger charge is 2.27. The third-order valence-electron chi connectivity index (χ3n) is 3.68. The zero-order valence-electron chi connectivity index (χ0n) is 13.2. The molecule has 0 radical (unpaired) electrons. The van der Waals surface area contributed by atoms with Crippen LogP contribution in [-0.2, 0) is 11.3 Å². The number of ether oxygens (including phenoxy) is 1. The fourth-order valence-electron chi connectivity index (χ4n) is 2.69. The van der Waals surface area contributed by atoms with Crippen molar-refractivity contribution in [2.45, 2.75) is 27.3 Å². The lowest BCUT2D eigenvalue weighted by molar-refractivity contribution is 0.0513. The van der Waals surface area contributed by atoms with Crippen LogP contribution in [0.3, 0.4) is 0 Å². The lowest BCUT2D eigenvalue weighted by Gasteiger charge is -2.12. The topological polar surface area (TPSA) is 68.5 Å². The minimum Gasteiger partial charge on any atom is -0.478 e. The second kappa shape index (κ2) is 6.87. The van der Waals surface area contributed by atoms with Crippen molar-refractivity contribution in [3.8, 4) is 0 Å². The number of halogens is 1. The van der Waals surface area contributed by atoms with Crippen molar-refractivity contribution in [2.24, 2.45) is 0 Å². The van der Waals surface area contributed by atoms with Gasteiger partial charge in [0.2, 0.25) is 0 Å². The van der Waals surface area contributed by atoms with Gasteiger partial charge in [0.15, 0.2) is 0 Å². The van der Waals surface area contributed by atoms with Gasteiger partial charge in [-0.3, -0.25) is 0 Å². The molecule has 0 saturated carbocycles. The van der Waals surface area contributed by atoms with Crippen molar-refractivity contribution in [1.29, 1.82) is 0 Å². The molecule has 1 aromatic carbocycles. The highest BCUT2D eigenvalue weighted by molar-refractivity contribution is 6.30. The van der Waals surface area contributed by atoms with Gasteiger partial charge in [-0.2, -0.15) is 0 Å². The number of aromatic carboxylic acids is 1. The summed E-state index contributed by atoms with van der Waals surface area (Å²) in [5.41, 5.74) is 2.20. The van der Waals surface area contributed by atoms with Crippen molar-refractivity contribution < 1.29 is 19.4 Å². The Morgan fingerprint density at radius 2 is 2.00 bits per heavy atom. The smallest absolute Gasteiger partial charge is 0.355 e. The van der Waals surface area contributed by atoms with E-state index >= 15 is 0 Å². The molecule has 0 unspecified atom stereocenters. The monoisotopic (exact) mass is 335 g/mol. The minimum absolute atomic E-state index is 0.134. The molecule has 0 amide bonds. The molecule has 122 valence electrons. The number of hydrogen-bond donors (Lipinski definition) is 1. The molecule has 0 atom stereocenters. The predicted molar refractivity (Wildman–Crippen MR) is 87.4 cm³/mol. The predicted octanol–water partition coefficient (Wildman–Crippen LogP) is 3.68. The van der Waals surface area contributed by atoms with Crippen molar-refractivity contribution >= 4 is 23.5 Å². The van der Waals surface area contributed by atoms with Gasteiger partial charge in [-0.15, -0.1) is 0 Å². The average molecular weight is 336 g/mol. The summed E-state index contributed by atoms with van der Waals surface area (Å²) in [7, 11) is 0. The molecule has 0 aliphatic rings. The number of carbonyl (C=O) groups excluding carboxylic acids is 1. The second-order valence-corrected chi connectivity index (χ2v) is 5.61. The number of carboxylic acids is 1. The van der Waals surface area contributed by atoms with Gasteiger partial charge in [0, 0.05) is 17.3 Å². The molecule has 1 heterocycles. The van der Waals surface area contributed by atoms with Crippen LogP contribution in [0, 0.1) is 13.8 Å². The number of carboxylic acid groups (broad SMARTS) is 1. The Morgan fingerprint density at radius 1 is 1.30 bits per heavy atom. The first-order chi connectivity index (χ1) is 10.9. The van der Waals surface area contributed by atoms with Crippen LogP contribution >= 0.6 is 11.6 Å². The molecule has 0 aliphatic heterocycles. The van der Waals surface area contributed by atoms with E-state index in [4.69, 9.17) is 16.3 Å². The van der Waals surface area contributed by atoms with E-state index in [-0.39, 0.29) is 17.9 Å². The first kappa shape index (κ1) is 17.1. The molecule has 0 spiro atoms. The molecule has 0 aliphatic carbocycles. The summed E-state index contributed by atoms with van der Waals surface area (Å²) in [6, 6.07) is 7.22. The Morgan fingerprint density at radius 3 is 2.57 bits per heavy atom. The molecule has 1 aromatic heterocycles. The second-order valence-electron chi connectivity index (χ2n) is 5.18. The van der Waals surface area contributed by atoms with Gasteiger partial charge in [0.25, 0.3) is 0 Å². The SMILES string of the molecule is CCOC(=O)c1c(C)c(C(=O)O)c(C)n1Cc1cccc(Cl)c1. The fourth-order valence-corrected chi connectivity index (χ4v) is 2.90. The van der Waals surface area contributed by atoms with E-state index in [1.807, 2.05) is 12.1 Å². The number of benzene rings is 1. The van der Waals surface area contributed by atoms with E-state index in [2.05, 4.69) is 0 Å². The lowest BCUT2D eigenvalue weighted by Crippen LogP contribution is -2.15. The molecule has 0 saturated heterocycles. The highest BCUT2D eigenvalue weighted by Crippen LogP contribution is 2.25. The Hall–Kier alpha value is -2.27. The van der Waals surface area contributed by atoms with Crippen LogP contribution < -0.4 is 0 Å². The summed E-state index contributed by atoms with van der Waals surface area (Å²) in [6.07, 6.45) is 0. The van der Waals surface area contributed by atoms with E-state index in [0.717, 1.165) is 5.56 Å². The first-order valence-electron chi connectivity index (χ1n) is 7.21. The summed E-state index contributed by atoms with van der Waals surface area (Å²) in [5.74, 6) is -1.59. The summed E-state index contributed by atoms with van der Waals surface area (Å²) in [6.45, 7) is 5.58. The largest absolute Gasteiger partial charge is 0.478 e. The molecular weight excluding hydrogens is 318 g/mol. The number of hydrogen-bond acceptors (Lipinski definition) is 3. The maximum atomic E-state index is 12.3. The van der Waals surface area contributed by atoms with E-state index in [9.17, 15) is 14.7 Å². The molecule has 2 rings (SSSR count). The fraction of sp³-hybridized carbons (Fsp3) is 0.294. The van der Waals surface area contributed by atoms with Crippen molar-refractivity contribution in [3.63, 3.8) is 0 Å². The van der Waals surface area contributed by atoms with Gasteiger partial charge in [-0.25, -0.2) is 9.59 Å². The molecule has 6 heteroatoms. The quantitative estimate of drug-likeness (QED) is 0.846. The van der Waals surface area contributed by atoms with Crippen LogP contribution in [0.4, 0.5) is 0 Å².